The van der Waals surface area contributed by atoms with E-state index in [0.717, 1.165) is 25.8 Å². The average Bonchev–Trinajstić information content (AvgIpc) is 2.99. The van der Waals surface area contributed by atoms with Crippen LogP contribution < -0.4 is 10.6 Å². The van der Waals surface area contributed by atoms with Gasteiger partial charge in [0.15, 0.2) is 0 Å². The molecule has 3 atom stereocenters. The van der Waals surface area contributed by atoms with Crippen LogP contribution in [0.2, 0.25) is 0 Å². The molecule has 0 aliphatic heterocycles. The van der Waals surface area contributed by atoms with Crippen molar-refractivity contribution in [2.24, 2.45) is 0 Å². The summed E-state index contributed by atoms with van der Waals surface area (Å²) in [6.07, 6.45) is 3.52. The summed E-state index contributed by atoms with van der Waals surface area (Å²) < 4.78 is 10.9. The number of methoxy groups -OCH3 is 1. The van der Waals surface area contributed by atoms with Gasteiger partial charge in [-0.15, -0.1) is 5.10 Å². The first kappa shape index (κ1) is 13.3. The number of ether oxygens (including phenoxy) is 1. The Bertz CT molecular complexity index is 369. The highest BCUT2D eigenvalue weighted by molar-refractivity contribution is 5.20. The summed E-state index contributed by atoms with van der Waals surface area (Å²) in [7, 11) is 1.76. The SMILES string of the molecule is CCNC(C)c1nnc(NC2CCC(OC)C2)o1. The molecule has 2 rings (SSSR count). The Kier molecular flexibility index (Phi) is 4.54. The first-order valence-electron chi connectivity index (χ1n) is 6.59. The van der Waals surface area contributed by atoms with Gasteiger partial charge in [-0.1, -0.05) is 12.0 Å². The van der Waals surface area contributed by atoms with Crippen molar-refractivity contribution in [2.75, 3.05) is 19.0 Å². The van der Waals surface area contributed by atoms with Crippen molar-refractivity contribution in [3.8, 4) is 0 Å². The predicted molar refractivity (Wildman–Crippen MR) is 68.4 cm³/mol. The zero-order valence-corrected chi connectivity index (χ0v) is 11.3. The number of nitrogens with one attached hydrogen (secondary N) is 2. The van der Waals surface area contributed by atoms with E-state index in [9.17, 15) is 0 Å². The number of aromatic nitrogens is 2. The molecule has 1 aliphatic rings. The van der Waals surface area contributed by atoms with E-state index in [1.165, 1.54) is 0 Å². The smallest absolute Gasteiger partial charge is 0.315 e. The van der Waals surface area contributed by atoms with Gasteiger partial charge >= 0.3 is 6.01 Å². The summed E-state index contributed by atoms with van der Waals surface area (Å²) in [5.74, 6) is 0.626. The molecule has 1 aromatic rings. The molecule has 1 fully saturated rings. The van der Waals surface area contributed by atoms with Gasteiger partial charge in [0.1, 0.15) is 0 Å². The van der Waals surface area contributed by atoms with Crippen LogP contribution in [0.1, 0.15) is 45.0 Å². The van der Waals surface area contributed by atoms with Crippen molar-refractivity contribution in [1.29, 1.82) is 0 Å². The fourth-order valence-electron chi connectivity index (χ4n) is 2.32. The van der Waals surface area contributed by atoms with Crippen LogP contribution in [0, 0.1) is 0 Å². The number of nitrogens with zero attached hydrogens (tertiary/aromatic N) is 2. The maximum atomic E-state index is 5.59. The summed E-state index contributed by atoms with van der Waals surface area (Å²) >= 11 is 0. The highest BCUT2D eigenvalue weighted by Gasteiger charge is 2.25. The van der Waals surface area contributed by atoms with Gasteiger partial charge in [-0.05, 0) is 32.7 Å². The first-order valence-corrected chi connectivity index (χ1v) is 6.59. The van der Waals surface area contributed by atoms with Gasteiger partial charge in [0, 0.05) is 13.2 Å². The van der Waals surface area contributed by atoms with E-state index in [1.807, 2.05) is 6.92 Å². The van der Waals surface area contributed by atoms with E-state index in [0.29, 0.717) is 24.1 Å². The number of rotatable bonds is 6. The zero-order chi connectivity index (χ0) is 13.0. The normalized spacial score (nSPS) is 25.3. The van der Waals surface area contributed by atoms with Crippen molar-refractivity contribution < 1.29 is 9.15 Å². The molecule has 0 spiro atoms. The van der Waals surface area contributed by atoms with Crippen LogP contribution in [0.25, 0.3) is 0 Å². The van der Waals surface area contributed by atoms with Crippen molar-refractivity contribution in [3.63, 3.8) is 0 Å². The highest BCUT2D eigenvalue weighted by Crippen LogP contribution is 2.24. The molecule has 6 heteroatoms. The Hall–Kier alpha value is -1.14. The third kappa shape index (κ3) is 3.20. The molecular weight excluding hydrogens is 232 g/mol. The minimum absolute atomic E-state index is 0.0911. The minimum Gasteiger partial charge on any atom is -0.406 e. The molecule has 0 aromatic carbocycles. The van der Waals surface area contributed by atoms with Crippen LogP contribution in [0.4, 0.5) is 6.01 Å². The lowest BCUT2D eigenvalue weighted by Gasteiger charge is -2.10. The maximum absolute atomic E-state index is 5.59. The Morgan fingerprint density at radius 2 is 2.28 bits per heavy atom. The van der Waals surface area contributed by atoms with Crippen LogP contribution in [0.5, 0.6) is 0 Å². The van der Waals surface area contributed by atoms with Gasteiger partial charge < -0.3 is 19.8 Å². The lowest BCUT2D eigenvalue weighted by Crippen LogP contribution is -2.18. The van der Waals surface area contributed by atoms with Gasteiger partial charge in [0.25, 0.3) is 0 Å². The van der Waals surface area contributed by atoms with E-state index in [-0.39, 0.29) is 6.04 Å². The quantitative estimate of drug-likeness (QED) is 0.805. The molecule has 1 aromatic heterocycles. The van der Waals surface area contributed by atoms with E-state index in [1.54, 1.807) is 7.11 Å². The molecule has 1 aliphatic carbocycles. The second-order valence-electron chi connectivity index (χ2n) is 4.74. The average molecular weight is 254 g/mol. The highest BCUT2D eigenvalue weighted by atomic mass is 16.5. The Morgan fingerprint density at radius 3 is 2.94 bits per heavy atom. The van der Waals surface area contributed by atoms with Crippen molar-refractivity contribution >= 4 is 6.01 Å². The third-order valence-corrected chi connectivity index (χ3v) is 3.37. The molecule has 102 valence electrons. The molecule has 1 heterocycles. The fourth-order valence-corrected chi connectivity index (χ4v) is 2.32. The van der Waals surface area contributed by atoms with Crippen LogP contribution >= 0.6 is 0 Å². The molecule has 0 bridgehead atoms. The van der Waals surface area contributed by atoms with Gasteiger partial charge in [-0.3, -0.25) is 0 Å². The van der Waals surface area contributed by atoms with E-state index in [2.05, 4.69) is 27.8 Å². The summed E-state index contributed by atoms with van der Waals surface area (Å²) in [5.41, 5.74) is 0. The molecule has 0 radical (unpaired) electrons. The molecule has 2 N–H and O–H groups in total. The van der Waals surface area contributed by atoms with Gasteiger partial charge in [0.05, 0.1) is 12.1 Å². The molecule has 18 heavy (non-hydrogen) atoms. The Morgan fingerprint density at radius 1 is 1.44 bits per heavy atom. The van der Waals surface area contributed by atoms with Gasteiger partial charge in [0.2, 0.25) is 5.89 Å². The standard InChI is InChI=1S/C12H22N4O2/c1-4-13-8(2)11-15-16-12(18-11)14-9-5-6-10(7-9)17-3/h8-10,13H,4-7H2,1-3H3,(H,14,16). The van der Waals surface area contributed by atoms with E-state index in [4.69, 9.17) is 9.15 Å². The van der Waals surface area contributed by atoms with Crippen molar-refractivity contribution in [1.82, 2.24) is 15.5 Å². The lowest BCUT2D eigenvalue weighted by atomic mass is 10.2. The third-order valence-electron chi connectivity index (χ3n) is 3.37. The van der Waals surface area contributed by atoms with E-state index < -0.39 is 0 Å². The van der Waals surface area contributed by atoms with Crippen LogP contribution in [0.3, 0.4) is 0 Å². The maximum Gasteiger partial charge on any atom is 0.315 e. The van der Waals surface area contributed by atoms with Crippen molar-refractivity contribution in [2.45, 2.75) is 51.3 Å². The summed E-state index contributed by atoms with van der Waals surface area (Å²) in [5, 5.41) is 14.6. The number of hydrogen-bond acceptors (Lipinski definition) is 6. The summed E-state index contributed by atoms with van der Waals surface area (Å²) in [6.45, 7) is 4.94. The predicted octanol–water partition coefficient (Wildman–Crippen LogP) is 1.72. The topological polar surface area (TPSA) is 72.2 Å². The first-order chi connectivity index (χ1) is 8.72. The van der Waals surface area contributed by atoms with Gasteiger partial charge in [-0.25, -0.2) is 0 Å². The fraction of sp³-hybridized carbons (Fsp3) is 0.833. The monoisotopic (exact) mass is 254 g/mol. The molecule has 0 saturated heterocycles. The lowest BCUT2D eigenvalue weighted by molar-refractivity contribution is 0.108. The largest absolute Gasteiger partial charge is 0.406 e. The Labute approximate surface area is 107 Å². The van der Waals surface area contributed by atoms with Crippen molar-refractivity contribution in [3.05, 3.63) is 5.89 Å². The molecule has 6 nitrogen and oxygen atoms in total. The molecule has 3 unspecified atom stereocenters. The van der Waals surface area contributed by atoms with E-state index >= 15 is 0 Å². The molecule has 1 saturated carbocycles. The molecular formula is C12H22N4O2. The Balaban J connectivity index is 1.87. The second-order valence-corrected chi connectivity index (χ2v) is 4.74. The second kappa shape index (κ2) is 6.15. The van der Waals surface area contributed by atoms with Gasteiger partial charge in [-0.2, -0.15) is 0 Å². The van der Waals surface area contributed by atoms with Crippen LogP contribution in [0.15, 0.2) is 4.42 Å². The number of anilines is 1. The molecule has 0 amide bonds. The summed E-state index contributed by atoms with van der Waals surface area (Å²) in [6, 6.07) is 0.975. The number of hydrogen-bond donors (Lipinski definition) is 2. The minimum atomic E-state index is 0.0911. The van der Waals surface area contributed by atoms with Crippen LogP contribution in [-0.2, 0) is 4.74 Å². The van der Waals surface area contributed by atoms with Crippen LogP contribution in [-0.4, -0.2) is 36.0 Å². The summed E-state index contributed by atoms with van der Waals surface area (Å²) in [4.78, 5) is 0. The zero-order valence-electron chi connectivity index (χ0n) is 11.3.